The van der Waals surface area contributed by atoms with Crippen LogP contribution in [0.2, 0.25) is 0 Å². The predicted molar refractivity (Wildman–Crippen MR) is 80.6 cm³/mol. The third-order valence-electron chi connectivity index (χ3n) is 6.96. The van der Waals surface area contributed by atoms with Crippen LogP contribution in [-0.2, 0) is 18.9 Å². The van der Waals surface area contributed by atoms with Crippen LogP contribution in [0.25, 0.3) is 0 Å². The van der Waals surface area contributed by atoms with Gasteiger partial charge in [0.25, 0.3) is 0 Å². The number of hydrogen-bond donors (Lipinski definition) is 0. The average Bonchev–Trinajstić information content (AvgIpc) is 3.40. The van der Waals surface area contributed by atoms with Gasteiger partial charge in [0.2, 0.25) is 0 Å². The van der Waals surface area contributed by atoms with Crippen molar-refractivity contribution in [1.82, 2.24) is 0 Å². The first kappa shape index (κ1) is 14.2. The molecule has 0 amide bonds. The topological polar surface area (TPSA) is 43.5 Å². The lowest BCUT2D eigenvalue weighted by molar-refractivity contribution is -0.0642. The predicted octanol–water partition coefficient (Wildman–Crippen LogP) is 2.26. The van der Waals surface area contributed by atoms with E-state index < -0.39 is 0 Å². The summed E-state index contributed by atoms with van der Waals surface area (Å²) in [5.74, 6) is 3.77. The Morgan fingerprint density at radius 1 is 0.864 bits per heavy atom. The fourth-order valence-corrected chi connectivity index (χ4v) is 5.89. The van der Waals surface area contributed by atoms with E-state index in [1.165, 1.54) is 32.1 Å². The molecule has 2 bridgehead atoms. The van der Waals surface area contributed by atoms with Crippen molar-refractivity contribution >= 4 is 0 Å². The lowest BCUT2D eigenvalue weighted by atomic mass is 9.69. The molecule has 0 N–H and O–H groups in total. The van der Waals surface area contributed by atoms with Crippen LogP contribution in [0.5, 0.6) is 0 Å². The molecule has 5 fully saturated rings. The Bertz CT molecular complexity index is 399. The minimum Gasteiger partial charge on any atom is -0.378 e. The highest BCUT2D eigenvalue weighted by atomic mass is 16.6. The van der Waals surface area contributed by atoms with Gasteiger partial charge >= 0.3 is 0 Å². The van der Waals surface area contributed by atoms with Gasteiger partial charge in [0, 0.05) is 5.41 Å². The van der Waals surface area contributed by atoms with Crippen LogP contribution in [0, 0.1) is 29.1 Å². The van der Waals surface area contributed by atoms with Gasteiger partial charge < -0.3 is 18.9 Å². The molecule has 22 heavy (non-hydrogen) atoms. The molecule has 6 unspecified atom stereocenters. The van der Waals surface area contributed by atoms with Gasteiger partial charge in [0.15, 0.2) is 0 Å². The molecular formula is C18H28O4. The summed E-state index contributed by atoms with van der Waals surface area (Å²) in [7, 11) is 0. The number of fused-ring (bicyclic) bond motifs is 5. The molecule has 0 aromatic carbocycles. The summed E-state index contributed by atoms with van der Waals surface area (Å²) < 4.78 is 22.8. The molecule has 2 aliphatic heterocycles. The first-order chi connectivity index (χ1) is 10.8. The lowest BCUT2D eigenvalue weighted by Crippen LogP contribution is -2.41. The average molecular weight is 308 g/mol. The van der Waals surface area contributed by atoms with Crippen molar-refractivity contribution in [2.24, 2.45) is 29.1 Å². The normalized spacial score (nSPS) is 51.3. The maximum absolute atomic E-state index is 6.10. The zero-order valence-corrected chi connectivity index (χ0v) is 13.4. The molecule has 0 spiro atoms. The molecule has 2 saturated heterocycles. The van der Waals surface area contributed by atoms with E-state index in [9.17, 15) is 0 Å². The standard InChI is InChI=1S/C18H28O4/c1-2-13-5-12(1)16-3-4-18(17(13)16,10-19-6-14-8-21-14)11-20-7-15-9-22-15/h12-17H,1-11H2. The summed E-state index contributed by atoms with van der Waals surface area (Å²) in [6.07, 6.45) is 7.85. The van der Waals surface area contributed by atoms with Crippen molar-refractivity contribution < 1.29 is 18.9 Å². The van der Waals surface area contributed by atoms with Crippen LogP contribution >= 0.6 is 0 Å². The van der Waals surface area contributed by atoms with E-state index in [2.05, 4.69) is 0 Å². The van der Waals surface area contributed by atoms with Crippen molar-refractivity contribution in [3.63, 3.8) is 0 Å². The van der Waals surface area contributed by atoms with Crippen molar-refractivity contribution in [2.75, 3.05) is 39.6 Å². The molecule has 4 nitrogen and oxygen atoms in total. The molecular weight excluding hydrogens is 280 g/mol. The lowest BCUT2D eigenvalue weighted by Gasteiger charge is -2.39. The fraction of sp³-hybridized carbons (Fsp3) is 1.00. The molecule has 2 heterocycles. The van der Waals surface area contributed by atoms with E-state index in [1.54, 1.807) is 0 Å². The van der Waals surface area contributed by atoms with Gasteiger partial charge in [-0.2, -0.15) is 0 Å². The number of hydrogen-bond acceptors (Lipinski definition) is 4. The molecule has 3 saturated carbocycles. The third-order valence-corrected chi connectivity index (χ3v) is 6.96. The monoisotopic (exact) mass is 308 g/mol. The largest absolute Gasteiger partial charge is 0.378 e. The van der Waals surface area contributed by atoms with Crippen molar-refractivity contribution in [3.05, 3.63) is 0 Å². The van der Waals surface area contributed by atoms with E-state index in [0.29, 0.717) is 12.2 Å². The molecule has 0 aromatic heterocycles. The second-order valence-electron chi connectivity index (χ2n) is 8.36. The minimum absolute atomic E-state index is 0.272. The Morgan fingerprint density at radius 3 is 2.14 bits per heavy atom. The highest BCUT2D eigenvalue weighted by molar-refractivity contribution is 5.08. The molecule has 4 heteroatoms. The van der Waals surface area contributed by atoms with Gasteiger partial charge in [0.05, 0.1) is 39.6 Å². The molecule has 0 aromatic rings. The Balaban J connectivity index is 1.26. The Hall–Kier alpha value is -0.160. The van der Waals surface area contributed by atoms with Crippen molar-refractivity contribution in [3.8, 4) is 0 Å². The van der Waals surface area contributed by atoms with Crippen LogP contribution < -0.4 is 0 Å². The van der Waals surface area contributed by atoms with Gasteiger partial charge in [-0.3, -0.25) is 0 Å². The summed E-state index contributed by atoms with van der Waals surface area (Å²) in [6, 6.07) is 0. The molecule has 3 aliphatic carbocycles. The molecule has 0 radical (unpaired) electrons. The summed E-state index contributed by atoms with van der Waals surface area (Å²) in [5.41, 5.74) is 0.272. The van der Waals surface area contributed by atoms with Crippen LogP contribution in [0.3, 0.4) is 0 Å². The van der Waals surface area contributed by atoms with E-state index in [-0.39, 0.29) is 5.41 Å². The van der Waals surface area contributed by atoms with Crippen molar-refractivity contribution in [2.45, 2.75) is 44.3 Å². The van der Waals surface area contributed by atoms with Gasteiger partial charge in [-0.25, -0.2) is 0 Å². The van der Waals surface area contributed by atoms with E-state index in [1.807, 2.05) is 0 Å². The maximum Gasteiger partial charge on any atom is 0.104 e. The second kappa shape index (κ2) is 5.44. The quantitative estimate of drug-likeness (QED) is 0.645. The smallest absolute Gasteiger partial charge is 0.104 e. The first-order valence-electron chi connectivity index (χ1n) is 9.23. The van der Waals surface area contributed by atoms with E-state index in [4.69, 9.17) is 18.9 Å². The summed E-state index contributed by atoms with van der Waals surface area (Å²) in [5, 5.41) is 0. The van der Waals surface area contributed by atoms with Gasteiger partial charge in [0.1, 0.15) is 12.2 Å². The zero-order valence-electron chi connectivity index (χ0n) is 13.4. The fourth-order valence-electron chi connectivity index (χ4n) is 5.89. The molecule has 6 atom stereocenters. The zero-order chi connectivity index (χ0) is 14.6. The van der Waals surface area contributed by atoms with E-state index in [0.717, 1.165) is 63.3 Å². The Labute approximate surface area is 132 Å². The van der Waals surface area contributed by atoms with Crippen molar-refractivity contribution in [1.29, 1.82) is 0 Å². The van der Waals surface area contributed by atoms with Crippen LogP contribution in [0.4, 0.5) is 0 Å². The van der Waals surface area contributed by atoms with Crippen LogP contribution in [-0.4, -0.2) is 51.8 Å². The number of rotatable bonds is 8. The van der Waals surface area contributed by atoms with Crippen LogP contribution in [0.1, 0.15) is 32.1 Å². The van der Waals surface area contributed by atoms with E-state index >= 15 is 0 Å². The summed E-state index contributed by atoms with van der Waals surface area (Å²) >= 11 is 0. The first-order valence-corrected chi connectivity index (χ1v) is 9.23. The summed E-state index contributed by atoms with van der Waals surface area (Å²) in [4.78, 5) is 0. The number of epoxide rings is 2. The highest BCUT2D eigenvalue weighted by Gasteiger charge is 2.60. The Kier molecular flexibility index (Phi) is 3.51. The maximum atomic E-state index is 6.10. The SMILES string of the molecule is C(OCC1(COCC2CO2)CCC2C3CCC(C3)C21)C1CO1. The van der Waals surface area contributed by atoms with Crippen LogP contribution in [0.15, 0.2) is 0 Å². The number of ether oxygens (including phenoxy) is 4. The van der Waals surface area contributed by atoms with Gasteiger partial charge in [-0.15, -0.1) is 0 Å². The van der Waals surface area contributed by atoms with Gasteiger partial charge in [-0.05, 0) is 55.8 Å². The highest BCUT2D eigenvalue weighted by Crippen LogP contribution is 2.65. The molecule has 5 rings (SSSR count). The van der Waals surface area contributed by atoms with Gasteiger partial charge in [-0.1, -0.05) is 0 Å². The molecule has 5 aliphatic rings. The Morgan fingerprint density at radius 2 is 1.50 bits per heavy atom. The minimum atomic E-state index is 0.272. The second-order valence-corrected chi connectivity index (χ2v) is 8.36. The molecule has 124 valence electrons. The third kappa shape index (κ3) is 2.52. The summed E-state index contributed by atoms with van der Waals surface area (Å²) in [6.45, 7) is 5.09.